The molecule has 176 valence electrons. The van der Waals surface area contributed by atoms with Gasteiger partial charge in [-0.2, -0.15) is 5.06 Å². The maximum Gasteiger partial charge on any atom is 0.408 e. The minimum absolute atomic E-state index is 0.0603. The molecule has 2 aromatic rings. The van der Waals surface area contributed by atoms with Crippen LogP contribution in [0.4, 0.5) is 9.59 Å². The number of carbonyl (C=O) groups excluding carboxylic acids is 2. The summed E-state index contributed by atoms with van der Waals surface area (Å²) in [6.07, 6.45) is 2.47. The first-order valence-electron chi connectivity index (χ1n) is 11.4. The first-order chi connectivity index (χ1) is 15.7. The predicted molar refractivity (Wildman–Crippen MR) is 118 cm³/mol. The van der Waals surface area contributed by atoms with E-state index in [0.29, 0.717) is 24.6 Å². The molecule has 3 heterocycles. The first-order valence-corrected chi connectivity index (χ1v) is 11.4. The second-order valence-electron chi connectivity index (χ2n) is 10.2. The molecule has 33 heavy (non-hydrogen) atoms. The van der Waals surface area contributed by atoms with Crippen molar-refractivity contribution in [2.24, 2.45) is 5.41 Å². The molecule has 1 saturated carbocycles. The van der Waals surface area contributed by atoms with Gasteiger partial charge in [0.25, 0.3) is 0 Å². The van der Waals surface area contributed by atoms with Crippen molar-refractivity contribution in [2.45, 2.75) is 70.9 Å². The van der Waals surface area contributed by atoms with Crippen molar-refractivity contribution in [2.75, 3.05) is 6.54 Å². The predicted octanol–water partition coefficient (Wildman–Crippen LogP) is 4.16. The number of hydrogen-bond donors (Lipinski definition) is 1. The lowest BCUT2D eigenvalue weighted by atomic mass is 9.84. The molecule has 1 aromatic heterocycles. The summed E-state index contributed by atoms with van der Waals surface area (Å²) in [7, 11) is 0. The second kappa shape index (κ2) is 8.06. The molecule has 2 atom stereocenters. The lowest BCUT2D eigenvalue weighted by molar-refractivity contribution is -0.153. The van der Waals surface area contributed by atoms with E-state index >= 15 is 0 Å². The molecule has 5 rings (SSSR count). The highest BCUT2D eigenvalue weighted by Gasteiger charge is 2.63. The van der Waals surface area contributed by atoms with Crippen molar-refractivity contribution in [1.29, 1.82) is 0 Å². The number of hydrogen-bond acceptors (Lipinski definition) is 6. The average molecular weight is 455 g/mol. The van der Waals surface area contributed by atoms with Gasteiger partial charge >= 0.3 is 12.1 Å². The zero-order valence-corrected chi connectivity index (χ0v) is 19.2. The summed E-state index contributed by atoms with van der Waals surface area (Å²) in [5.41, 5.74) is 1.23. The van der Waals surface area contributed by atoms with Crippen LogP contribution in [0.1, 0.15) is 63.1 Å². The van der Waals surface area contributed by atoms with Gasteiger partial charge in [0.05, 0.1) is 18.6 Å². The number of rotatable bonds is 6. The number of piperidine rings is 1. The largest absolute Gasteiger partial charge is 0.444 e. The summed E-state index contributed by atoms with van der Waals surface area (Å²) >= 11 is 0. The maximum atomic E-state index is 13.3. The summed E-state index contributed by atoms with van der Waals surface area (Å²) in [6.45, 7) is 6.58. The van der Waals surface area contributed by atoms with Gasteiger partial charge in [-0.1, -0.05) is 35.5 Å². The van der Waals surface area contributed by atoms with Gasteiger partial charge in [0.1, 0.15) is 17.9 Å². The lowest BCUT2D eigenvalue weighted by Crippen LogP contribution is -2.42. The highest BCUT2D eigenvalue weighted by molar-refractivity contribution is 5.77. The van der Waals surface area contributed by atoms with E-state index in [9.17, 15) is 9.59 Å². The standard InChI is InChI=1S/C24H30N4O5/c1-23(2,3)32-21(29)25-13-17-11-18(26-33-17)19-12-24(9-10-24)20-14-27(19)22(30)28(20)31-15-16-7-5-4-6-8-16/h4-8,11,19-20H,9-10,12-15H2,1-3H3,(H,25,29)/t19-,20?/m0/s1. The van der Waals surface area contributed by atoms with Crippen LogP contribution in [0.25, 0.3) is 0 Å². The number of amides is 3. The summed E-state index contributed by atoms with van der Waals surface area (Å²) in [6, 6.07) is 11.5. The number of hydroxylamine groups is 2. The topological polar surface area (TPSA) is 97.1 Å². The molecule has 1 spiro atoms. The van der Waals surface area contributed by atoms with E-state index in [1.165, 1.54) is 0 Å². The molecule has 9 nitrogen and oxygen atoms in total. The molecule has 2 bridgehead atoms. The molecule has 0 radical (unpaired) electrons. The number of alkyl carbamates (subject to hydrolysis) is 1. The Morgan fingerprint density at radius 1 is 1.27 bits per heavy atom. The monoisotopic (exact) mass is 454 g/mol. The minimum atomic E-state index is -0.571. The maximum absolute atomic E-state index is 13.3. The van der Waals surface area contributed by atoms with Crippen molar-refractivity contribution in [1.82, 2.24) is 20.4 Å². The van der Waals surface area contributed by atoms with Crippen LogP contribution >= 0.6 is 0 Å². The van der Waals surface area contributed by atoms with Crippen molar-refractivity contribution >= 4 is 12.1 Å². The van der Waals surface area contributed by atoms with E-state index in [1.807, 2.05) is 62.1 Å². The number of nitrogens with one attached hydrogen (secondary N) is 1. The van der Waals surface area contributed by atoms with Gasteiger partial charge < -0.3 is 19.5 Å². The van der Waals surface area contributed by atoms with Gasteiger partial charge in [0.15, 0.2) is 5.76 Å². The Hall–Kier alpha value is -3.07. The molecule has 1 unspecified atom stereocenters. The van der Waals surface area contributed by atoms with E-state index in [-0.39, 0.29) is 30.1 Å². The van der Waals surface area contributed by atoms with Crippen LogP contribution in [0.5, 0.6) is 0 Å². The number of nitrogens with zero attached hydrogens (tertiary/aromatic N) is 3. The Bertz CT molecular complexity index is 1030. The molecule has 2 aliphatic heterocycles. The molecule has 3 fully saturated rings. The van der Waals surface area contributed by atoms with Gasteiger partial charge in [-0.05, 0) is 51.0 Å². The number of benzene rings is 1. The zero-order valence-electron chi connectivity index (χ0n) is 19.2. The van der Waals surface area contributed by atoms with Crippen molar-refractivity contribution in [3.63, 3.8) is 0 Å². The van der Waals surface area contributed by atoms with Gasteiger partial charge in [0.2, 0.25) is 0 Å². The van der Waals surface area contributed by atoms with E-state index < -0.39 is 11.7 Å². The summed E-state index contributed by atoms with van der Waals surface area (Å²) < 4.78 is 10.7. The molecule has 9 heteroatoms. The fraction of sp³-hybridized carbons (Fsp3) is 0.542. The van der Waals surface area contributed by atoms with Crippen LogP contribution in [0.2, 0.25) is 0 Å². The second-order valence-corrected chi connectivity index (χ2v) is 10.2. The summed E-state index contributed by atoms with van der Waals surface area (Å²) in [5, 5.41) is 8.50. The van der Waals surface area contributed by atoms with Crippen LogP contribution in [-0.4, -0.2) is 45.4 Å². The smallest absolute Gasteiger partial charge is 0.408 e. The fourth-order valence-electron chi connectivity index (χ4n) is 4.80. The van der Waals surface area contributed by atoms with E-state index in [1.54, 1.807) is 5.06 Å². The van der Waals surface area contributed by atoms with Crippen LogP contribution in [0.3, 0.4) is 0 Å². The Kier molecular flexibility index (Phi) is 5.31. The highest BCUT2D eigenvalue weighted by atomic mass is 16.7. The molecule has 1 N–H and O–H groups in total. The number of fused-ring (bicyclic) bond motifs is 3. The first kappa shape index (κ1) is 21.8. The van der Waals surface area contributed by atoms with Crippen LogP contribution in [0.15, 0.2) is 40.9 Å². The summed E-state index contributed by atoms with van der Waals surface area (Å²) in [4.78, 5) is 33.0. The molecular formula is C24H30N4O5. The highest BCUT2D eigenvalue weighted by Crippen LogP contribution is 2.61. The molecule has 1 aromatic carbocycles. The molecule has 3 aliphatic rings. The number of carbonyl (C=O) groups is 2. The van der Waals surface area contributed by atoms with Crippen molar-refractivity contribution in [3.05, 3.63) is 53.4 Å². The van der Waals surface area contributed by atoms with Crippen LogP contribution in [-0.2, 0) is 22.7 Å². The lowest BCUT2D eigenvalue weighted by Gasteiger charge is -2.35. The molecule has 2 saturated heterocycles. The third-order valence-electron chi connectivity index (χ3n) is 6.60. The number of ether oxygens (including phenoxy) is 1. The van der Waals surface area contributed by atoms with Crippen LogP contribution in [0, 0.1) is 5.41 Å². The number of urea groups is 1. The van der Waals surface area contributed by atoms with Gasteiger partial charge in [-0.15, -0.1) is 0 Å². The van der Waals surface area contributed by atoms with Crippen LogP contribution < -0.4 is 5.32 Å². The average Bonchev–Trinajstić information content (AvgIpc) is 3.26. The Morgan fingerprint density at radius 3 is 2.73 bits per heavy atom. The quantitative estimate of drug-likeness (QED) is 0.704. The van der Waals surface area contributed by atoms with Gasteiger partial charge in [0, 0.05) is 12.6 Å². The third kappa shape index (κ3) is 4.42. The van der Waals surface area contributed by atoms with Crippen molar-refractivity contribution in [3.8, 4) is 0 Å². The van der Waals surface area contributed by atoms with E-state index in [2.05, 4.69) is 10.5 Å². The Morgan fingerprint density at radius 2 is 2.03 bits per heavy atom. The Labute approximate surface area is 192 Å². The molecule has 3 amide bonds. The SMILES string of the molecule is CC(C)(C)OC(=O)NCc1cc([C@@H]2CC3(CC3)C3CN2C(=O)N3OCc2ccccc2)no1. The molecule has 1 aliphatic carbocycles. The minimum Gasteiger partial charge on any atom is -0.444 e. The third-order valence-corrected chi connectivity index (χ3v) is 6.60. The van der Waals surface area contributed by atoms with E-state index in [4.69, 9.17) is 14.1 Å². The fourth-order valence-corrected chi connectivity index (χ4v) is 4.80. The normalized spacial score (nSPS) is 23.2. The zero-order chi connectivity index (χ0) is 23.2. The molecular weight excluding hydrogens is 424 g/mol. The van der Waals surface area contributed by atoms with Gasteiger partial charge in [-0.3, -0.25) is 4.84 Å². The summed E-state index contributed by atoms with van der Waals surface area (Å²) in [5.74, 6) is 0.520. The van der Waals surface area contributed by atoms with E-state index in [0.717, 1.165) is 24.8 Å². The van der Waals surface area contributed by atoms with Gasteiger partial charge in [-0.25, -0.2) is 9.59 Å². The number of aromatic nitrogens is 1. The Balaban J connectivity index is 1.26. The van der Waals surface area contributed by atoms with Crippen molar-refractivity contribution < 1.29 is 23.7 Å².